The van der Waals surface area contributed by atoms with Gasteiger partial charge in [0.25, 0.3) is 0 Å². The molecule has 1 unspecified atom stereocenters. The van der Waals surface area contributed by atoms with E-state index in [9.17, 15) is 4.79 Å². The van der Waals surface area contributed by atoms with Crippen LogP contribution in [0.3, 0.4) is 0 Å². The van der Waals surface area contributed by atoms with Gasteiger partial charge in [-0.05, 0) is 36.5 Å². The fourth-order valence-electron chi connectivity index (χ4n) is 2.51. The van der Waals surface area contributed by atoms with E-state index in [2.05, 4.69) is 30.5 Å². The van der Waals surface area contributed by atoms with E-state index in [1.807, 2.05) is 56.3 Å². The summed E-state index contributed by atoms with van der Waals surface area (Å²) in [6.45, 7) is 8.26. The predicted octanol–water partition coefficient (Wildman–Crippen LogP) is 5.00. The quantitative estimate of drug-likeness (QED) is 0.819. The van der Waals surface area contributed by atoms with Gasteiger partial charge >= 0.3 is 6.03 Å². The van der Waals surface area contributed by atoms with Crippen LogP contribution >= 0.6 is 0 Å². The summed E-state index contributed by atoms with van der Waals surface area (Å²) >= 11 is 0. The fourth-order valence-corrected chi connectivity index (χ4v) is 2.51. The van der Waals surface area contributed by atoms with Crippen LogP contribution in [0.5, 0.6) is 0 Å². The van der Waals surface area contributed by atoms with Gasteiger partial charge < -0.3 is 10.6 Å². The van der Waals surface area contributed by atoms with Crippen LogP contribution in [-0.4, -0.2) is 6.03 Å². The zero-order chi connectivity index (χ0) is 16.1. The Hall–Kier alpha value is -2.29. The van der Waals surface area contributed by atoms with Gasteiger partial charge in [-0.15, -0.1) is 0 Å². The van der Waals surface area contributed by atoms with Crippen molar-refractivity contribution >= 4 is 11.7 Å². The monoisotopic (exact) mass is 296 g/mol. The van der Waals surface area contributed by atoms with Crippen LogP contribution in [0, 0.1) is 6.92 Å². The second kappa shape index (κ2) is 7.12. The van der Waals surface area contributed by atoms with E-state index in [1.54, 1.807) is 0 Å². The van der Waals surface area contributed by atoms with Crippen molar-refractivity contribution < 1.29 is 4.79 Å². The molecular formula is C19H24N2O. The SMILES string of the molecule is Cc1cccc(C(C)C)c1NC(=O)NC(C)c1ccccc1. The lowest BCUT2D eigenvalue weighted by molar-refractivity contribution is 0.249. The Morgan fingerprint density at radius 2 is 1.64 bits per heavy atom. The van der Waals surface area contributed by atoms with Crippen molar-refractivity contribution in [2.24, 2.45) is 0 Å². The summed E-state index contributed by atoms with van der Waals surface area (Å²) in [5.74, 6) is 0.363. The third kappa shape index (κ3) is 3.88. The molecule has 0 saturated carbocycles. The third-order valence-corrected chi connectivity index (χ3v) is 3.81. The number of amides is 2. The highest BCUT2D eigenvalue weighted by Crippen LogP contribution is 2.27. The summed E-state index contributed by atoms with van der Waals surface area (Å²) in [5.41, 5.74) is 4.23. The molecule has 0 aliphatic carbocycles. The van der Waals surface area contributed by atoms with E-state index in [-0.39, 0.29) is 12.1 Å². The van der Waals surface area contributed by atoms with Gasteiger partial charge in [-0.1, -0.05) is 62.4 Å². The van der Waals surface area contributed by atoms with E-state index in [1.165, 1.54) is 0 Å². The number of para-hydroxylation sites is 1. The minimum absolute atomic E-state index is 0.0345. The summed E-state index contributed by atoms with van der Waals surface area (Å²) in [5, 5.41) is 6.00. The smallest absolute Gasteiger partial charge is 0.319 e. The first-order valence-electron chi connectivity index (χ1n) is 7.71. The molecule has 3 nitrogen and oxygen atoms in total. The maximum Gasteiger partial charge on any atom is 0.319 e. The van der Waals surface area contributed by atoms with Crippen molar-refractivity contribution in [3.05, 3.63) is 65.2 Å². The third-order valence-electron chi connectivity index (χ3n) is 3.81. The van der Waals surface area contributed by atoms with Crippen LogP contribution in [0.25, 0.3) is 0 Å². The lowest BCUT2D eigenvalue weighted by Gasteiger charge is -2.19. The Kier molecular flexibility index (Phi) is 5.21. The maximum atomic E-state index is 12.3. The molecule has 22 heavy (non-hydrogen) atoms. The van der Waals surface area contributed by atoms with Gasteiger partial charge in [-0.25, -0.2) is 4.79 Å². The molecule has 2 rings (SSSR count). The Morgan fingerprint density at radius 3 is 2.27 bits per heavy atom. The average molecular weight is 296 g/mol. The highest BCUT2D eigenvalue weighted by Gasteiger charge is 2.14. The number of carbonyl (C=O) groups excluding carboxylic acids is 1. The molecular weight excluding hydrogens is 272 g/mol. The minimum atomic E-state index is -0.174. The zero-order valence-corrected chi connectivity index (χ0v) is 13.7. The molecule has 0 saturated heterocycles. The van der Waals surface area contributed by atoms with Crippen LogP contribution in [0.15, 0.2) is 48.5 Å². The molecule has 116 valence electrons. The van der Waals surface area contributed by atoms with Crippen molar-refractivity contribution in [1.82, 2.24) is 5.32 Å². The van der Waals surface area contributed by atoms with Gasteiger partial charge in [0, 0.05) is 5.69 Å². The summed E-state index contributed by atoms with van der Waals surface area (Å²) in [4.78, 5) is 12.3. The van der Waals surface area contributed by atoms with Gasteiger partial charge in [-0.2, -0.15) is 0 Å². The van der Waals surface area contributed by atoms with Crippen LogP contribution in [0.1, 0.15) is 49.4 Å². The van der Waals surface area contributed by atoms with E-state index >= 15 is 0 Å². The summed E-state index contributed by atoms with van der Waals surface area (Å²) in [6, 6.07) is 15.8. The van der Waals surface area contributed by atoms with Gasteiger partial charge in [0.1, 0.15) is 0 Å². The molecule has 2 aromatic carbocycles. The molecule has 0 aliphatic rings. The first-order valence-corrected chi connectivity index (χ1v) is 7.71. The molecule has 1 atom stereocenters. The normalized spacial score (nSPS) is 12.0. The van der Waals surface area contributed by atoms with Crippen LogP contribution in [-0.2, 0) is 0 Å². The number of hydrogen-bond acceptors (Lipinski definition) is 1. The van der Waals surface area contributed by atoms with E-state index in [0.717, 1.165) is 22.4 Å². The standard InChI is InChI=1S/C19H24N2O/c1-13(2)17-12-8-9-14(3)18(17)21-19(22)20-15(4)16-10-6-5-7-11-16/h5-13,15H,1-4H3,(H2,20,21,22). The first kappa shape index (κ1) is 16.1. The lowest BCUT2D eigenvalue weighted by Crippen LogP contribution is -2.31. The molecule has 3 heteroatoms. The molecule has 2 N–H and O–H groups in total. The average Bonchev–Trinajstić information content (AvgIpc) is 2.49. The fraction of sp³-hybridized carbons (Fsp3) is 0.316. The number of hydrogen-bond donors (Lipinski definition) is 2. The van der Waals surface area contributed by atoms with Crippen LogP contribution < -0.4 is 10.6 Å². The van der Waals surface area contributed by atoms with Crippen molar-refractivity contribution in [3.63, 3.8) is 0 Å². The summed E-state index contributed by atoms with van der Waals surface area (Å²) < 4.78 is 0. The zero-order valence-electron chi connectivity index (χ0n) is 13.7. The van der Waals surface area contributed by atoms with Crippen molar-refractivity contribution in [2.75, 3.05) is 5.32 Å². The highest BCUT2D eigenvalue weighted by molar-refractivity contribution is 5.91. The van der Waals surface area contributed by atoms with E-state index in [4.69, 9.17) is 0 Å². The lowest BCUT2D eigenvalue weighted by atomic mass is 9.98. The second-order valence-corrected chi connectivity index (χ2v) is 5.92. The number of carbonyl (C=O) groups is 1. The molecule has 0 fully saturated rings. The van der Waals surface area contributed by atoms with Crippen molar-refractivity contribution in [1.29, 1.82) is 0 Å². The number of rotatable bonds is 4. The van der Waals surface area contributed by atoms with Gasteiger partial charge in [0.15, 0.2) is 0 Å². The largest absolute Gasteiger partial charge is 0.331 e. The minimum Gasteiger partial charge on any atom is -0.331 e. The number of nitrogens with one attached hydrogen (secondary N) is 2. The molecule has 0 aromatic heterocycles. The summed E-state index contributed by atoms with van der Waals surface area (Å²) in [7, 11) is 0. The number of anilines is 1. The number of benzene rings is 2. The maximum absolute atomic E-state index is 12.3. The molecule has 0 aliphatic heterocycles. The Labute approximate surface area is 132 Å². The number of aryl methyl sites for hydroxylation is 1. The Morgan fingerprint density at radius 1 is 0.955 bits per heavy atom. The topological polar surface area (TPSA) is 41.1 Å². The van der Waals surface area contributed by atoms with Gasteiger partial charge in [-0.3, -0.25) is 0 Å². The van der Waals surface area contributed by atoms with Gasteiger partial charge in [0.05, 0.1) is 6.04 Å². The molecule has 0 spiro atoms. The molecule has 2 aromatic rings. The molecule has 2 amide bonds. The number of urea groups is 1. The van der Waals surface area contributed by atoms with E-state index < -0.39 is 0 Å². The van der Waals surface area contributed by atoms with Crippen LogP contribution in [0.2, 0.25) is 0 Å². The Bertz CT molecular complexity index is 635. The second-order valence-electron chi connectivity index (χ2n) is 5.92. The summed E-state index contributed by atoms with van der Waals surface area (Å²) in [6.07, 6.45) is 0. The van der Waals surface area contributed by atoms with Crippen LogP contribution in [0.4, 0.5) is 10.5 Å². The Balaban J connectivity index is 2.10. The molecule has 0 radical (unpaired) electrons. The molecule has 0 heterocycles. The van der Waals surface area contributed by atoms with Gasteiger partial charge in [0.2, 0.25) is 0 Å². The predicted molar refractivity (Wildman–Crippen MR) is 92.3 cm³/mol. The molecule has 0 bridgehead atoms. The van der Waals surface area contributed by atoms with E-state index in [0.29, 0.717) is 5.92 Å². The van der Waals surface area contributed by atoms with Crippen molar-refractivity contribution in [2.45, 2.75) is 39.7 Å². The first-order chi connectivity index (χ1) is 10.5. The highest BCUT2D eigenvalue weighted by atomic mass is 16.2. The van der Waals surface area contributed by atoms with Crippen molar-refractivity contribution in [3.8, 4) is 0 Å².